The predicted octanol–water partition coefficient (Wildman–Crippen LogP) is 3.17. The first-order valence-electron chi connectivity index (χ1n) is 9.35. The molecule has 1 amide bonds. The van der Waals surface area contributed by atoms with E-state index in [4.69, 9.17) is 0 Å². The van der Waals surface area contributed by atoms with Gasteiger partial charge in [-0.25, -0.2) is 8.42 Å². The number of piperidine rings is 1. The van der Waals surface area contributed by atoms with Crippen LogP contribution >= 0.6 is 11.3 Å². The van der Waals surface area contributed by atoms with Gasteiger partial charge in [-0.1, -0.05) is 62.4 Å². The summed E-state index contributed by atoms with van der Waals surface area (Å²) in [4.78, 5) is 12.0. The molecule has 2 aromatic rings. The van der Waals surface area contributed by atoms with Crippen molar-refractivity contribution < 1.29 is 13.2 Å². The van der Waals surface area contributed by atoms with E-state index in [2.05, 4.69) is 27.6 Å². The molecule has 28 heavy (non-hydrogen) atoms. The fourth-order valence-electron chi connectivity index (χ4n) is 3.06. The fourth-order valence-corrected chi connectivity index (χ4v) is 5.56. The van der Waals surface area contributed by atoms with Crippen molar-refractivity contribution in [1.29, 1.82) is 0 Å². The molecule has 1 N–H and O–H groups in total. The number of amides is 1. The molecule has 9 heteroatoms. The largest absolute Gasteiger partial charge is 0.300 e. The first kappa shape index (κ1) is 20.9. The Morgan fingerprint density at radius 3 is 2.43 bits per heavy atom. The third-order valence-electron chi connectivity index (χ3n) is 4.81. The molecule has 1 fully saturated rings. The number of nitrogens with one attached hydrogen (secondary N) is 1. The highest BCUT2D eigenvalue weighted by atomic mass is 32.2. The van der Waals surface area contributed by atoms with Crippen LogP contribution in [-0.4, -0.2) is 41.9 Å². The van der Waals surface area contributed by atoms with Crippen LogP contribution in [0.4, 0.5) is 5.13 Å². The van der Waals surface area contributed by atoms with Crippen LogP contribution in [0.3, 0.4) is 0 Å². The Morgan fingerprint density at radius 1 is 1.18 bits per heavy atom. The van der Waals surface area contributed by atoms with E-state index in [0.717, 1.165) is 30.6 Å². The lowest BCUT2D eigenvalue weighted by Gasteiger charge is -2.30. The van der Waals surface area contributed by atoms with E-state index in [1.54, 1.807) is 20.8 Å². The van der Waals surface area contributed by atoms with Crippen molar-refractivity contribution in [1.82, 2.24) is 14.5 Å². The Kier molecular flexibility index (Phi) is 6.16. The fraction of sp³-hybridized carbons (Fsp3) is 0.526. The van der Waals surface area contributed by atoms with Gasteiger partial charge in [-0.05, 0) is 30.7 Å². The highest BCUT2D eigenvalue weighted by Crippen LogP contribution is 2.29. The van der Waals surface area contributed by atoms with Crippen LogP contribution in [0, 0.1) is 11.3 Å². The van der Waals surface area contributed by atoms with E-state index in [9.17, 15) is 13.2 Å². The van der Waals surface area contributed by atoms with Gasteiger partial charge >= 0.3 is 0 Å². The molecule has 0 radical (unpaired) electrons. The van der Waals surface area contributed by atoms with Crippen LogP contribution in [-0.2, 0) is 21.2 Å². The van der Waals surface area contributed by atoms with Crippen LogP contribution in [0.1, 0.15) is 39.2 Å². The van der Waals surface area contributed by atoms with Crippen LogP contribution < -0.4 is 5.32 Å². The average molecular weight is 423 g/mol. The molecular weight excluding hydrogens is 396 g/mol. The highest BCUT2D eigenvalue weighted by molar-refractivity contribution is 7.91. The van der Waals surface area contributed by atoms with Gasteiger partial charge in [0, 0.05) is 18.5 Å². The minimum atomic E-state index is -3.68. The molecule has 0 bridgehead atoms. The van der Waals surface area contributed by atoms with Crippen molar-refractivity contribution in [2.75, 3.05) is 18.4 Å². The van der Waals surface area contributed by atoms with Gasteiger partial charge in [-0.2, -0.15) is 4.31 Å². The summed E-state index contributed by atoms with van der Waals surface area (Å²) in [5.41, 5.74) is 0.692. The number of sulfonamides is 1. The van der Waals surface area contributed by atoms with E-state index < -0.39 is 15.4 Å². The van der Waals surface area contributed by atoms with Crippen molar-refractivity contribution in [2.45, 2.75) is 44.4 Å². The lowest BCUT2D eigenvalue weighted by atomic mass is 9.91. The molecule has 0 saturated carbocycles. The molecule has 0 aliphatic carbocycles. The molecule has 1 aromatic heterocycles. The van der Waals surface area contributed by atoms with E-state index in [1.807, 2.05) is 18.2 Å². The summed E-state index contributed by atoms with van der Waals surface area (Å²) in [7, 11) is -3.68. The molecule has 0 atom stereocenters. The lowest BCUT2D eigenvalue weighted by molar-refractivity contribution is -0.123. The molecule has 7 nitrogen and oxygen atoms in total. The maximum atomic E-state index is 12.9. The van der Waals surface area contributed by atoms with Gasteiger partial charge in [-0.3, -0.25) is 4.79 Å². The molecule has 3 rings (SSSR count). The summed E-state index contributed by atoms with van der Waals surface area (Å²) in [6, 6.07) is 10.3. The van der Waals surface area contributed by atoms with Crippen molar-refractivity contribution in [2.24, 2.45) is 11.3 Å². The molecular formula is C19H26N4O3S2. The molecule has 0 spiro atoms. The average Bonchev–Trinajstić information content (AvgIpc) is 3.12. The van der Waals surface area contributed by atoms with Crippen molar-refractivity contribution in [3.63, 3.8) is 0 Å². The summed E-state index contributed by atoms with van der Waals surface area (Å²) >= 11 is 0.898. The first-order chi connectivity index (χ1) is 13.2. The Hall–Kier alpha value is -1.84. The van der Waals surface area contributed by atoms with Crippen LogP contribution in [0.25, 0.3) is 0 Å². The molecule has 1 aromatic carbocycles. The van der Waals surface area contributed by atoms with Gasteiger partial charge in [0.15, 0.2) is 0 Å². The number of carbonyl (C=O) groups is 1. The number of aromatic nitrogens is 2. The second-order valence-electron chi connectivity index (χ2n) is 8.11. The monoisotopic (exact) mass is 422 g/mol. The smallest absolute Gasteiger partial charge is 0.272 e. The second-order valence-corrected chi connectivity index (χ2v) is 11.2. The highest BCUT2D eigenvalue weighted by Gasteiger charge is 2.33. The van der Waals surface area contributed by atoms with Gasteiger partial charge in [0.1, 0.15) is 0 Å². The van der Waals surface area contributed by atoms with Crippen molar-refractivity contribution >= 4 is 32.4 Å². The number of hydrogen-bond donors (Lipinski definition) is 1. The van der Waals surface area contributed by atoms with Gasteiger partial charge in [0.05, 0.1) is 0 Å². The lowest BCUT2D eigenvalue weighted by Crippen LogP contribution is -2.38. The van der Waals surface area contributed by atoms with Crippen molar-refractivity contribution in [3.8, 4) is 0 Å². The molecule has 152 valence electrons. The van der Waals surface area contributed by atoms with E-state index in [0.29, 0.717) is 19.0 Å². The summed E-state index contributed by atoms with van der Waals surface area (Å²) < 4.78 is 27.1. The number of benzene rings is 1. The van der Waals surface area contributed by atoms with Crippen LogP contribution in [0.5, 0.6) is 0 Å². The van der Waals surface area contributed by atoms with Gasteiger partial charge in [-0.15, -0.1) is 10.2 Å². The van der Waals surface area contributed by atoms with Crippen molar-refractivity contribution in [3.05, 3.63) is 35.9 Å². The van der Waals surface area contributed by atoms with Gasteiger partial charge in [0.25, 0.3) is 10.0 Å². The topological polar surface area (TPSA) is 92.3 Å². The number of carbonyl (C=O) groups excluding carboxylic acids is 1. The second kappa shape index (κ2) is 8.26. The number of anilines is 1. The molecule has 0 unspecified atom stereocenters. The number of rotatable bonds is 5. The minimum absolute atomic E-state index is 0.0711. The Balaban J connectivity index is 1.61. The molecule has 1 aliphatic rings. The Bertz CT molecular complexity index is 912. The maximum absolute atomic E-state index is 12.9. The van der Waals surface area contributed by atoms with E-state index in [1.165, 1.54) is 9.87 Å². The Labute approximate surface area is 170 Å². The molecule has 1 aliphatic heterocycles. The number of hydrogen-bond acceptors (Lipinski definition) is 6. The normalized spacial score (nSPS) is 16.8. The van der Waals surface area contributed by atoms with Crippen LogP contribution in [0.15, 0.2) is 34.7 Å². The maximum Gasteiger partial charge on any atom is 0.272 e. The third kappa shape index (κ3) is 4.95. The predicted molar refractivity (Wildman–Crippen MR) is 110 cm³/mol. The summed E-state index contributed by atoms with van der Waals surface area (Å²) in [6.07, 6.45) is 2.61. The zero-order chi connectivity index (χ0) is 20.4. The zero-order valence-electron chi connectivity index (χ0n) is 16.4. The number of nitrogens with zero attached hydrogens (tertiary/aromatic N) is 3. The SMILES string of the molecule is CC(C)(C)C(=O)Nc1nnc(S(=O)(=O)N2CCC(Cc3ccccc3)CC2)s1. The molecule has 2 heterocycles. The molecule has 1 saturated heterocycles. The van der Waals surface area contributed by atoms with Gasteiger partial charge < -0.3 is 5.32 Å². The summed E-state index contributed by atoms with van der Waals surface area (Å²) in [6.45, 7) is 6.29. The minimum Gasteiger partial charge on any atom is -0.300 e. The van der Waals surface area contributed by atoms with Crippen LogP contribution in [0.2, 0.25) is 0 Å². The van der Waals surface area contributed by atoms with Gasteiger partial charge in [0.2, 0.25) is 15.4 Å². The third-order valence-corrected chi connectivity index (χ3v) is 7.89. The quantitative estimate of drug-likeness (QED) is 0.747. The summed E-state index contributed by atoms with van der Waals surface area (Å²) in [5, 5.41) is 10.5. The standard InChI is InChI=1S/C19H26N4O3S2/c1-19(2,3)16(24)20-17-21-22-18(27-17)28(25,26)23-11-9-15(10-12-23)13-14-7-5-4-6-8-14/h4-8,15H,9-13H2,1-3H3,(H,20,21,24). The Morgan fingerprint density at radius 2 is 1.82 bits per heavy atom. The summed E-state index contributed by atoms with van der Waals surface area (Å²) in [5.74, 6) is 0.249. The van der Waals surface area contributed by atoms with E-state index in [-0.39, 0.29) is 15.4 Å². The zero-order valence-corrected chi connectivity index (χ0v) is 18.0. The first-order valence-corrected chi connectivity index (χ1v) is 11.6. The van der Waals surface area contributed by atoms with E-state index >= 15 is 0 Å².